The number of rotatable bonds is 6. The highest BCUT2D eigenvalue weighted by Gasteiger charge is 2.43. The molecule has 2 amide bonds. The zero-order valence-corrected chi connectivity index (χ0v) is 17.3. The fourth-order valence-corrected chi connectivity index (χ4v) is 3.94. The Morgan fingerprint density at radius 3 is 2.30 bits per heavy atom. The van der Waals surface area contributed by atoms with E-state index in [1.165, 1.54) is 12.1 Å². The van der Waals surface area contributed by atoms with E-state index in [9.17, 15) is 27.9 Å². The first-order valence-electron chi connectivity index (χ1n) is 10.3. The average molecular weight is 455 g/mol. The fraction of sp³-hybridized carbons (Fsp3) is 0.200. The summed E-state index contributed by atoms with van der Waals surface area (Å²) in [6.07, 6.45) is -2.18. The maximum atomic E-state index is 13.8. The number of amides is 2. The van der Waals surface area contributed by atoms with Crippen molar-refractivity contribution in [2.45, 2.75) is 24.5 Å². The molecule has 33 heavy (non-hydrogen) atoms. The molecule has 1 heterocycles. The Labute approximate surface area is 188 Å². The maximum Gasteiger partial charge on any atom is 0.417 e. The monoisotopic (exact) mass is 455 g/mol. The van der Waals surface area contributed by atoms with Gasteiger partial charge < -0.3 is 9.84 Å². The summed E-state index contributed by atoms with van der Waals surface area (Å²) in [4.78, 5) is 27.0. The molecule has 0 spiro atoms. The van der Waals surface area contributed by atoms with Crippen LogP contribution in [0, 0.1) is 17.5 Å². The van der Waals surface area contributed by atoms with Crippen LogP contribution in [0.2, 0.25) is 0 Å². The van der Waals surface area contributed by atoms with Crippen molar-refractivity contribution in [3.63, 3.8) is 0 Å². The topological polar surface area (TPSA) is 66.8 Å². The average Bonchev–Trinajstić information content (AvgIpc) is 3.17. The summed E-state index contributed by atoms with van der Waals surface area (Å²) in [5, 5.41) is 11.0. The first-order valence-corrected chi connectivity index (χ1v) is 10.3. The second-order valence-corrected chi connectivity index (χ2v) is 7.78. The van der Waals surface area contributed by atoms with Gasteiger partial charge in [-0.3, -0.25) is 4.79 Å². The van der Waals surface area contributed by atoms with Crippen LogP contribution in [0.5, 0.6) is 0 Å². The van der Waals surface area contributed by atoms with Gasteiger partial charge in [-0.1, -0.05) is 48.5 Å². The van der Waals surface area contributed by atoms with Crippen LogP contribution in [0.4, 0.5) is 18.0 Å². The highest BCUT2D eigenvalue weighted by molar-refractivity contribution is 5.97. The molecule has 170 valence electrons. The van der Waals surface area contributed by atoms with Crippen molar-refractivity contribution in [2.24, 2.45) is 0 Å². The zero-order chi connectivity index (χ0) is 23.5. The van der Waals surface area contributed by atoms with Crippen molar-refractivity contribution in [2.75, 3.05) is 6.61 Å². The van der Waals surface area contributed by atoms with E-state index in [1.807, 2.05) is 30.3 Å². The molecule has 4 rings (SSSR count). The summed E-state index contributed by atoms with van der Waals surface area (Å²) < 4.78 is 45.9. The summed E-state index contributed by atoms with van der Waals surface area (Å²) in [5.74, 6) is -5.04. The number of imide groups is 1. The van der Waals surface area contributed by atoms with Crippen LogP contribution in [0.25, 0.3) is 0 Å². The van der Waals surface area contributed by atoms with E-state index in [-0.39, 0.29) is 17.7 Å². The number of cyclic esters (lactones) is 1. The molecule has 8 heteroatoms. The fourth-order valence-electron chi connectivity index (χ4n) is 3.94. The van der Waals surface area contributed by atoms with Gasteiger partial charge >= 0.3 is 6.09 Å². The van der Waals surface area contributed by atoms with Gasteiger partial charge in [0.05, 0.1) is 18.1 Å². The molecule has 1 saturated heterocycles. The van der Waals surface area contributed by atoms with Crippen LogP contribution in [-0.4, -0.2) is 34.7 Å². The van der Waals surface area contributed by atoms with Gasteiger partial charge in [0, 0.05) is 0 Å². The van der Waals surface area contributed by atoms with Crippen molar-refractivity contribution in [1.29, 1.82) is 0 Å². The van der Waals surface area contributed by atoms with Crippen molar-refractivity contribution < 1.29 is 32.6 Å². The molecule has 3 atom stereocenters. The van der Waals surface area contributed by atoms with E-state index in [0.717, 1.165) is 40.8 Å². The Kier molecular flexibility index (Phi) is 6.46. The van der Waals surface area contributed by atoms with E-state index in [0.29, 0.717) is 6.42 Å². The zero-order valence-electron chi connectivity index (χ0n) is 17.3. The van der Waals surface area contributed by atoms with Crippen molar-refractivity contribution in [3.05, 3.63) is 107 Å². The lowest BCUT2D eigenvalue weighted by Crippen LogP contribution is -2.44. The number of halogens is 3. The molecule has 1 aliphatic heterocycles. The lowest BCUT2D eigenvalue weighted by atomic mass is 9.87. The molecule has 0 aliphatic carbocycles. The molecule has 5 nitrogen and oxygen atoms in total. The number of carbonyl (C=O) groups excluding carboxylic acids is 2. The highest BCUT2D eigenvalue weighted by Crippen LogP contribution is 2.35. The molecule has 0 bridgehead atoms. The Hall–Kier alpha value is -3.65. The third-order valence-electron chi connectivity index (χ3n) is 5.61. The molecule has 1 aliphatic rings. The number of benzene rings is 3. The molecule has 3 aromatic rings. The third-order valence-corrected chi connectivity index (χ3v) is 5.61. The minimum Gasteiger partial charge on any atom is -0.447 e. The molecule has 3 aromatic carbocycles. The third kappa shape index (κ3) is 4.75. The van der Waals surface area contributed by atoms with Crippen molar-refractivity contribution >= 4 is 12.0 Å². The molecule has 1 N–H and O–H groups in total. The molecule has 0 unspecified atom stereocenters. The second-order valence-electron chi connectivity index (χ2n) is 7.78. The SMILES string of the molecule is O=C1OC[C@@H](Cc2ccccc2)N1C(=O)[C@H](c1ccc(F)cc1)[C@@H](O)c1ccc(F)c(F)c1. The predicted octanol–water partition coefficient (Wildman–Crippen LogP) is 4.51. The van der Waals surface area contributed by atoms with Crippen LogP contribution in [0.1, 0.15) is 28.7 Å². The van der Waals surface area contributed by atoms with E-state index >= 15 is 0 Å². The van der Waals surface area contributed by atoms with E-state index < -0.39 is 47.5 Å². The van der Waals surface area contributed by atoms with Gasteiger partial charge in [-0.15, -0.1) is 0 Å². The smallest absolute Gasteiger partial charge is 0.417 e. The number of aliphatic hydroxyl groups excluding tert-OH is 1. The lowest BCUT2D eigenvalue weighted by Gasteiger charge is -2.28. The molecule has 1 fully saturated rings. The van der Waals surface area contributed by atoms with Crippen molar-refractivity contribution in [1.82, 2.24) is 4.90 Å². The second kappa shape index (κ2) is 9.46. The largest absolute Gasteiger partial charge is 0.447 e. The number of nitrogens with zero attached hydrogens (tertiary/aromatic N) is 1. The lowest BCUT2D eigenvalue weighted by molar-refractivity contribution is -0.133. The molecule has 0 saturated carbocycles. The summed E-state index contributed by atoms with van der Waals surface area (Å²) in [7, 11) is 0. The summed E-state index contributed by atoms with van der Waals surface area (Å²) in [6, 6.07) is 16.1. The van der Waals surface area contributed by atoms with Crippen LogP contribution in [0.3, 0.4) is 0 Å². The van der Waals surface area contributed by atoms with Gasteiger partial charge in [0.1, 0.15) is 12.4 Å². The van der Waals surface area contributed by atoms with Crippen LogP contribution < -0.4 is 0 Å². The Bertz CT molecular complexity index is 1150. The van der Waals surface area contributed by atoms with Gasteiger partial charge in [-0.2, -0.15) is 0 Å². The molecular formula is C25H20F3NO4. The molecule has 0 aromatic heterocycles. The van der Waals surface area contributed by atoms with Crippen LogP contribution >= 0.6 is 0 Å². The van der Waals surface area contributed by atoms with Crippen molar-refractivity contribution in [3.8, 4) is 0 Å². The van der Waals surface area contributed by atoms with E-state index in [1.54, 1.807) is 0 Å². The summed E-state index contributed by atoms with van der Waals surface area (Å²) in [5.41, 5.74) is 1.01. The van der Waals surface area contributed by atoms with Gasteiger partial charge in [0.25, 0.3) is 0 Å². The number of ether oxygens (including phenoxy) is 1. The molecular weight excluding hydrogens is 435 g/mol. The predicted molar refractivity (Wildman–Crippen MR) is 113 cm³/mol. The Morgan fingerprint density at radius 1 is 0.970 bits per heavy atom. The first kappa shape index (κ1) is 22.5. The first-order chi connectivity index (χ1) is 15.8. The van der Waals surface area contributed by atoms with Crippen LogP contribution in [0.15, 0.2) is 72.8 Å². The van der Waals surface area contributed by atoms with Gasteiger partial charge in [0.15, 0.2) is 11.6 Å². The number of carbonyl (C=O) groups is 2. The highest BCUT2D eigenvalue weighted by atomic mass is 19.2. The normalized spacial score (nSPS) is 17.5. The van der Waals surface area contributed by atoms with Crippen LogP contribution in [-0.2, 0) is 16.0 Å². The maximum absolute atomic E-state index is 13.8. The minimum atomic E-state index is -1.64. The van der Waals surface area contributed by atoms with E-state index in [4.69, 9.17) is 4.74 Å². The van der Waals surface area contributed by atoms with Gasteiger partial charge in [-0.05, 0) is 47.4 Å². The summed E-state index contributed by atoms with van der Waals surface area (Å²) >= 11 is 0. The Morgan fingerprint density at radius 2 is 1.64 bits per heavy atom. The van der Waals surface area contributed by atoms with Gasteiger partial charge in [0.2, 0.25) is 5.91 Å². The van der Waals surface area contributed by atoms with E-state index in [2.05, 4.69) is 0 Å². The quantitative estimate of drug-likeness (QED) is 0.594. The minimum absolute atomic E-state index is 0.0309. The number of hydrogen-bond acceptors (Lipinski definition) is 4. The van der Waals surface area contributed by atoms with Gasteiger partial charge in [-0.25, -0.2) is 22.9 Å². The number of aliphatic hydroxyl groups is 1. The molecule has 0 radical (unpaired) electrons. The standard InChI is InChI=1S/C25H20F3NO4/c26-18-9-6-16(7-10-18)22(23(30)17-8-11-20(27)21(28)13-17)24(31)29-19(14-33-25(29)32)12-15-4-2-1-3-5-15/h1-11,13,19,22-23,30H,12,14H2/t19-,22-,23+/m1/s1. The summed E-state index contributed by atoms with van der Waals surface area (Å²) in [6.45, 7) is -0.0309. The Balaban J connectivity index is 1.70. The number of hydrogen-bond donors (Lipinski definition) is 1.